The van der Waals surface area contributed by atoms with Crippen molar-refractivity contribution >= 4 is 13.7 Å². The molecule has 1 amide bonds. The van der Waals surface area contributed by atoms with E-state index in [2.05, 4.69) is 43.5 Å². The summed E-state index contributed by atoms with van der Waals surface area (Å²) >= 11 is 0. The van der Waals surface area contributed by atoms with Crippen LogP contribution in [0.3, 0.4) is 0 Å². The highest BCUT2D eigenvalue weighted by Crippen LogP contribution is 2.38. The minimum atomic E-state index is -4.60. The topological polar surface area (TPSA) is 108 Å². The Labute approximate surface area is 423 Å². The number of nitrogens with zero attached hydrogens (tertiary/aromatic N) is 1. The zero-order valence-corrected chi connectivity index (χ0v) is 46.7. The van der Waals surface area contributed by atoms with Gasteiger partial charge in [-0.1, -0.05) is 262 Å². The zero-order valence-electron chi connectivity index (χ0n) is 45.8. The molecule has 0 rings (SSSR count). The second kappa shape index (κ2) is 50.7. The van der Waals surface area contributed by atoms with E-state index in [0.29, 0.717) is 17.4 Å². The van der Waals surface area contributed by atoms with Crippen LogP contribution in [0.2, 0.25) is 0 Å². The normalized spacial score (nSPS) is 14.2. The Kier molecular flexibility index (Phi) is 49.7. The molecule has 0 fully saturated rings. The van der Waals surface area contributed by atoms with Crippen molar-refractivity contribution in [2.75, 3.05) is 40.9 Å². The average molecular weight is 980 g/mol. The molecule has 402 valence electrons. The number of phosphoric ester groups is 1. The smallest absolute Gasteiger partial charge is 0.268 e. The van der Waals surface area contributed by atoms with Gasteiger partial charge in [0.1, 0.15) is 13.2 Å². The van der Waals surface area contributed by atoms with Crippen LogP contribution in [0.5, 0.6) is 0 Å². The van der Waals surface area contributed by atoms with Gasteiger partial charge in [-0.3, -0.25) is 9.36 Å². The van der Waals surface area contributed by atoms with Crippen molar-refractivity contribution in [1.29, 1.82) is 0 Å². The Morgan fingerprint density at radius 2 is 0.853 bits per heavy atom. The lowest BCUT2D eigenvalue weighted by molar-refractivity contribution is -0.870. The Morgan fingerprint density at radius 3 is 1.25 bits per heavy atom. The molecule has 3 atom stereocenters. The van der Waals surface area contributed by atoms with E-state index >= 15 is 0 Å². The third-order valence-corrected chi connectivity index (χ3v) is 14.3. The molecular weight excluding hydrogens is 864 g/mol. The van der Waals surface area contributed by atoms with Crippen LogP contribution >= 0.6 is 7.82 Å². The quantitative estimate of drug-likeness (QED) is 0.0272. The van der Waals surface area contributed by atoms with Crippen molar-refractivity contribution in [3.05, 3.63) is 36.5 Å². The summed E-state index contributed by atoms with van der Waals surface area (Å²) in [6.07, 6.45) is 65.2. The van der Waals surface area contributed by atoms with E-state index in [4.69, 9.17) is 9.05 Å². The molecule has 9 heteroatoms. The van der Waals surface area contributed by atoms with Crippen LogP contribution < -0.4 is 10.2 Å². The summed E-state index contributed by atoms with van der Waals surface area (Å²) in [6.45, 7) is 4.64. The monoisotopic (exact) mass is 979 g/mol. The molecule has 0 aliphatic rings. The number of rotatable bonds is 54. The molecule has 2 N–H and O–H groups in total. The van der Waals surface area contributed by atoms with Crippen molar-refractivity contribution in [2.45, 2.75) is 296 Å². The highest BCUT2D eigenvalue weighted by Gasteiger charge is 2.23. The molecule has 0 aromatic rings. The highest BCUT2D eigenvalue weighted by molar-refractivity contribution is 7.45. The number of aliphatic hydroxyl groups is 1. The van der Waals surface area contributed by atoms with E-state index in [-0.39, 0.29) is 19.1 Å². The van der Waals surface area contributed by atoms with E-state index in [1.807, 2.05) is 27.2 Å². The highest BCUT2D eigenvalue weighted by atomic mass is 31.2. The van der Waals surface area contributed by atoms with Crippen molar-refractivity contribution in [2.24, 2.45) is 0 Å². The molecule has 0 saturated carbocycles. The van der Waals surface area contributed by atoms with Crippen molar-refractivity contribution in [3.8, 4) is 0 Å². The second-order valence-corrected chi connectivity index (χ2v) is 22.8. The largest absolute Gasteiger partial charge is 0.756 e. The molecule has 0 spiro atoms. The molecular formula is C59H115N2O6P. The summed E-state index contributed by atoms with van der Waals surface area (Å²) < 4.78 is 23.3. The average Bonchev–Trinajstić information content (AvgIpc) is 3.30. The van der Waals surface area contributed by atoms with Gasteiger partial charge in [-0.15, -0.1) is 0 Å². The molecule has 0 heterocycles. The maximum absolute atomic E-state index is 12.9. The fourth-order valence-electron chi connectivity index (χ4n) is 8.72. The van der Waals surface area contributed by atoms with E-state index in [1.54, 1.807) is 6.08 Å². The second-order valence-electron chi connectivity index (χ2n) is 21.4. The number of unbranched alkanes of at least 4 members (excludes halogenated alkanes) is 37. The predicted octanol–water partition coefficient (Wildman–Crippen LogP) is 17.1. The number of carbonyl (C=O) groups excluding carboxylic acids is 1. The molecule has 0 aromatic carbocycles. The first kappa shape index (κ1) is 66.7. The number of likely N-dealkylation sites (N-methyl/N-ethyl adjacent to an activating group) is 1. The number of hydrogen-bond acceptors (Lipinski definition) is 6. The third kappa shape index (κ3) is 52.5. The van der Waals surface area contributed by atoms with Crippen molar-refractivity contribution in [3.63, 3.8) is 0 Å². The van der Waals surface area contributed by atoms with Crippen molar-refractivity contribution in [1.82, 2.24) is 5.32 Å². The Morgan fingerprint density at radius 1 is 0.515 bits per heavy atom. The van der Waals surface area contributed by atoms with E-state index in [1.165, 1.54) is 199 Å². The van der Waals surface area contributed by atoms with Crippen LogP contribution in [0.4, 0.5) is 0 Å². The van der Waals surface area contributed by atoms with Crippen LogP contribution in [-0.2, 0) is 18.4 Å². The Balaban J connectivity index is 4.09. The van der Waals surface area contributed by atoms with Gasteiger partial charge < -0.3 is 28.8 Å². The van der Waals surface area contributed by atoms with Crippen LogP contribution in [0.25, 0.3) is 0 Å². The summed E-state index contributed by atoms with van der Waals surface area (Å²) in [5.41, 5.74) is 0. The number of phosphoric acid groups is 1. The maximum atomic E-state index is 12.9. The first-order valence-corrected chi connectivity index (χ1v) is 30.8. The van der Waals surface area contributed by atoms with E-state index in [9.17, 15) is 19.4 Å². The molecule has 0 aromatic heterocycles. The molecule has 0 bridgehead atoms. The van der Waals surface area contributed by atoms with Gasteiger partial charge >= 0.3 is 0 Å². The molecule has 0 aliphatic heterocycles. The molecule has 3 unspecified atom stereocenters. The summed E-state index contributed by atoms with van der Waals surface area (Å²) in [4.78, 5) is 25.4. The minimum Gasteiger partial charge on any atom is -0.756 e. The number of carbonyl (C=O) groups is 1. The molecule has 0 radical (unpaired) electrons. The summed E-state index contributed by atoms with van der Waals surface area (Å²) in [5, 5.41) is 13.9. The lowest BCUT2D eigenvalue weighted by atomic mass is 10.0. The number of quaternary nitrogens is 1. The first-order valence-electron chi connectivity index (χ1n) is 29.4. The van der Waals surface area contributed by atoms with Gasteiger partial charge in [-0.05, 0) is 51.4 Å². The molecule has 8 nitrogen and oxygen atoms in total. The number of amides is 1. The van der Waals surface area contributed by atoms with Crippen molar-refractivity contribution < 1.29 is 32.9 Å². The van der Waals surface area contributed by atoms with Gasteiger partial charge in [-0.2, -0.15) is 0 Å². The van der Waals surface area contributed by atoms with Crippen LogP contribution in [0, 0.1) is 0 Å². The molecule has 68 heavy (non-hydrogen) atoms. The number of allylic oxidation sites excluding steroid dienone is 5. The Bertz CT molecular complexity index is 1200. The van der Waals surface area contributed by atoms with E-state index in [0.717, 1.165) is 64.2 Å². The van der Waals surface area contributed by atoms with Gasteiger partial charge in [0.25, 0.3) is 7.82 Å². The van der Waals surface area contributed by atoms with Gasteiger partial charge in [-0.25, -0.2) is 0 Å². The summed E-state index contributed by atoms with van der Waals surface area (Å²) in [5.74, 6) is -0.209. The van der Waals surface area contributed by atoms with Gasteiger partial charge in [0.05, 0.1) is 39.9 Å². The van der Waals surface area contributed by atoms with Crippen LogP contribution in [0.15, 0.2) is 36.5 Å². The van der Waals surface area contributed by atoms with Gasteiger partial charge in [0.2, 0.25) is 5.91 Å². The Hall–Kier alpha value is -1.28. The van der Waals surface area contributed by atoms with Crippen LogP contribution in [0.1, 0.15) is 284 Å². The van der Waals surface area contributed by atoms with Gasteiger partial charge in [0.15, 0.2) is 0 Å². The summed E-state index contributed by atoms with van der Waals surface area (Å²) in [7, 11) is 1.26. The summed E-state index contributed by atoms with van der Waals surface area (Å²) in [6, 6.07) is -0.894. The zero-order chi connectivity index (χ0) is 49.9. The van der Waals surface area contributed by atoms with Gasteiger partial charge in [0, 0.05) is 6.42 Å². The molecule has 0 aliphatic carbocycles. The number of aliphatic hydroxyl groups excluding tert-OH is 1. The lowest BCUT2D eigenvalue weighted by Gasteiger charge is -2.29. The predicted molar refractivity (Wildman–Crippen MR) is 293 cm³/mol. The number of hydrogen-bond donors (Lipinski definition) is 2. The standard InChI is InChI=1S/C59H115N2O6P/c1-6-8-10-12-14-16-18-20-22-23-24-25-26-27-28-29-30-31-32-33-34-35-36-37-39-40-42-44-46-48-50-52-58(62)57(56-67-68(64,65)66-55-54-61(3,4)5)60-59(63)53-51-49-47-45-43-41-38-21-19-17-15-13-11-9-7-2/h15,17,21,38,50,52,57-58,62H,6-14,16,18-20,22-37,39-49,51,53-56H2,1-5H3,(H-,60,63,64,65)/b17-15-,38-21-,52-50+. The van der Waals surface area contributed by atoms with E-state index < -0.39 is 20.0 Å². The fraction of sp³-hybridized carbons (Fsp3) is 0.881. The fourth-order valence-corrected chi connectivity index (χ4v) is 9.44. The maximum Gasteiger partial charge on any atom is 0.268 e. The molecule has 0 saturated heterocycles. The number of nitrogens with one attached hydrogen (secondary N) is 1. The SMILES string of the molecule is CCCCC/C=C\C/C=C\CCCCCCCC(=O)NC(COP(=O)([O-])OCC[N+](C)(C)C)C(O)/C=C/CCCCCCCCCCCCCCCCCCCCCCCCCCCCCCC. The lowest BCUT2D eigenvalue weighted by Crippen LogP contribution is -2.45. The van der Waals surface area contributed by atoms with Crippen LogP contribution in [-0.4, -0.2) is 68.5 Å². The first-order chi connectivity index (χ1) is 33.0. The minimum absolute atomic E-state index is 0.00370. The third-order valence-electron chi connectivity index (χ3n) is 13.3.